The van der Waals surface area contributed by atoms with Gasteiger partial charge in [-0.15, -0.1) is 0 Å². The number of aryl methyl sites for hydroxylation is 1. The van der Waals surface area contributed by atoms with Gasteiger partial charge in [0.25, 0.3) is 5.91 Å². The zero-order chi connectivity index (χ0) is 21.9. The normalized spacial score (nSPS) is 15.1. The van der Waals surface area contributed by atoms with Crippen molar-refractivity contribution < 1.29 is 9.53 Å². The monoisotopic (exact) mass is 420 g/mol. The van der Waals surface area contributed by atoms with Gasteiger partial charge in [0.15, 0.2) is 0 Å². The Morgan fingerprint density at radius 3 is 2.45 bits per heavy atom. The molecule has 0 saturated carbocycles. The number of unbranched alkanes of at least 4 members (excludes halogenated alkanes) is 1. The van der Waals surface area contributed by atoms with Crippen molar-refractivity contribution in [3.05, 3.63) is 76.9 Å². The maximum atomic E-state index is 13.4. The van der Waals surface area contributed by atoms with Gasteiger partial charge in [0.1, 0.15) is 0 Å². The molecule has 2 aromatic rings. The first-order valence-corrected chi connectivity index (χ1v) is 11.6. The van der Waals surface area contributed by atoms with E-state index in [1.165, 1.54) is 29.5 Å². The lowest BCUT2D eigenvalue weighted by Gasteiger charge is -2.30. The van der Waals surface area contributed by atoms with Gasteiger partial charge in [0.05, 0.1) is 13.2 Å². The third-order valence-corrected chi connectivity index (χ3v) is 5.75. The highest BCUT2D eigenvalue weighted by atomic mass is 16.5. The van der Waals surface area contributed by atoms with Crippen molar-refractivity contribution >= 4 is 12.0 Å². The molecule has 166 valence electrons. The third kappa shape index (κ3) is 7.64. The average Bonchev–Trinajstić information content (AvgIpc) is 2.81. The van der Waals surface area contributed by atoms with Crippen LogP contribution in [0.15, 0.2) is 60.2 Å². The van der Waals surface area contributed by atoms with Gasteiger partial charge >= 0.3 is 0 Å². The van der Waals surface area contributed by atoms with Gasteiger partial charge in [-0.05, 0) is 43.0 Å². The second-order valence-corrected chi connectivity index (χ2v) is 8.38. The van der Waals surface area contributed by atoms with Crippen LogP contribution in [-0.4, -0.2) is 61.6 Å². The lowest BCUT2D eigenvalue weighted by Crippen LogP contribution is -2.43. The molecule has 1 amide bonds. The third-order valence-electron chi connectivity index (χ3n) is 5.75. The van der Waals surface area contributed by atoms with Crippen LogP contribution in [0, 0.1) is 0 Å². The zero-order valence-corrected chi connectivity index (χ0v) is 19.1. The van der Waals surface area contributed by atoms with Crippen LogP contribution in [0.25, 0.3) is 6.08 Å². The van der Waals surface area contributed by atoms with Crippen molar-refractivity contribution in [2.75, 3.05) is 45.9 Å². The minimum Gasteiger partial charge on any atom is -0.379 e. The first-order chi connectivity index (χ1) is 15.2. The molecule has 0 spiro atoms. The molecule has 0 aromatic heterocycles. The van der Waals surface area contributed by atoms with Crippen molar-refractivity contribution in [2.24, 2.45) is 0 Å². The van der Waals surface area contributed by atoms with Gasteiger partial charge in [0.2, 0.25) is 0 Å². The van der Waals surface area contributed by atoms with E-state index in [0.29, 0.717) is 6.54 Å². The molecule has 1 saturated heterocycles. The van der Waals surface area contributed by atoms with Gasteiger partial charge in [-0.2, -0.15) is 0 Å². The van der Waals surface area contributed by atoms with Crippen LogP contribution >= 0.6 is 0 Å². The highest BCUT2D eigenvalue weighted by Gasteiger charge is 2.18. The van der Waals surface area contributed by atoms with E-state index in [0.717, 1.165) is 51.4 Å². The predicted octanol–water partition coefficient (Wildman–Crippen LogP) is 4.91. The molecule has 0 aliphatic carbocycles. The van der Waals surface area contributed by atoms with Crippen LogP contribution in [-0.2, 0) is 11.2 Å². The van der Waals surface area contributed by atoms with E-state index in [9.17, 15) is 4.79 Å². The van der Waals surface area contributed by atoms with Crippen LogP contribution in [0.1, 0.15) is 48.2 Å². The van der Waals surface area contributed by atoms with E-state index in [2.05, 4.69) is 49.1 Å². The minimum atomic E-state index is 0.108. The molecule has 0 unspecified atom stereocenters. The molecule has 0 radical (unpaired) electrons. The number of ether oxygens (including phenoxy) is 1. The number of nitrogens with zero attached hydrogens (tertiary/aromatic N) is 2. The average molecular weight is 421 g/mol. The molecule has 0 atom stereocenters. The highest BCUT2D eigenvalue weighted by Crippen LogP contribution is 2.14. The Hall–Kier alpha value is -2.43. The molecule has 3 rings (SSSR count). The van der Waals surface area contributed by atoms with Crippen LogP contribution in [0.3, 0.4) is 0 Å². The molecular weight excluding hydrogens is 384 g/mol. The Kier molecular flexibility index (Phi) is 9.32. The van der Waals surface area contributed by atoms with E-state index in [1.807, 2.05) is 35.2 Å². The Morgan fingerprint density at radius 2 is 1.77 bits per heavy atom. The summed E-state index contributed by atoms with van der Waals surface area (Å²) in [4.78, 5) is 17.8. The smallest absolute Gasteiger partial charge is 0.254 e. The number of carbonyl (C=O) groups excluding carboxylic acids is 1. The van der Waals surface area contributed by atoms with Crippen molar-refractivity contribution in [3.63, 3.8) is 0 Å². The fourth-order valence-electron chi connectivity index (χ4n) is 3.90. The summed E-state index contributed by atoms with van der Waals surface area (Å²) in [5.41, 5.74) is 4.43. The number of hydrogen-bond donors (Lipinski definition) is 0. The maximum absolute atomic E-state index is 13.4. The number of hydrogen-bond acceptors (Lipinski definition) is 3. The van der Waals surface area contributed by atoms with Crippen LogP contribution in [0.5, 0.6) is 0 Å². The molecule has 2 aromatic carbocycles. The molecule has 0 bridgehead atoms. The van der Waals surface area contributed by atoms with Gasteiger partial charge < -0.3 is 9.64 Å². The molecule has 1 heterocycles. The first kappa shape index (κ1) is 23.2. The van der Waals surface area contributed by atoms with E-state index >= 15 is 0 Å². The summed E-state index contributed by atoms with van der Waals surface area (Å²) in [5, 5.41) is 0. The molecule has 4 heteroatoms. The van der Waals surface area contributed by atoms with Gasteiger partial charge in [0, 0.05) is 38.3 Å². The van der Waals surface area contributed by atoms with E-state index < -0.39 is 0 Å². The van der Waals surface area contributed by atoms with Crippen LogP contribution in [0.4, 0.5) is 0 Å². The molecule has 4 nitrogen and oxygen atoms in total. The molecule has 31 heavy (non-hydrogen) atoms. The predicted molar refractivity (Wildman–Crippen MR) is 128 cm³/mol. The number of morpholine rings is 1. The van der Waals surface area contributed by atoms with Crippen molar-refractivity contribution in [2.45, 2.75) is 33.1 Å². The molecule has 1 aliphatic heterocycles. The highest BCUT2D eigenvalue weighted by molar-refractivity contribution is 5.94. The first-order valence-electron chi connectivity index (χ1n) is 11.6. The molecular formula is C27H36N2O2. The quantitative estimate of drug-likeness (QED) is 0.548. The van der Waals surface area contributed by atoms with Gasteiger partial charge in [-0.1, -0.05) is 67.5 Å². The Balaban J connectivity index is 1.70. The second kappa shape index (κ2) is 12.4. The fourth-order valence-corrected chi connectivity index (χ4v) is 3.90. The second-order valence-electron chi connectivity index (χ2n) is 8.38. The van der Waals surface area contributed by atoms with Gasteiger partial charge in [-0.25, -0.2) is 0 Å². The van der Waals surface area contributed by atoms with E-state index in [4.69, 9.17) is 4.74 Å². The van der Waals surface area contributed by atoms with Crippen LogP contribution < -0.4 is 0 Å². The lowest BCUT2D eigenvalue weighted by molar-refractivity contribution is 0.0330. The van der Waals surface area contributed by atoms with E-state index in [1.54, 1.807) is 0 Å². The number of benzene rings is 2. The molecule has 0 N–H and O–H groups in total. The topological polar surface area (TPSA) is 32.8 Å². The summed E-state index contributed by atoms with van der Waals surface area (Å²) < 4.78 is 5.46. The van der Waals surface area contributed by atoms with Gasteiger partial charge in [-0.3, -0.25) is 9.69 Å². The van der Waals surface area contributed by atoms with Crippen LogP contribution in [0.2, 0.25) is 0 Å². The Bertz CT molecular complexity index is 824. The molecule has 1 fully saturated rings. The Labute approximate surface area is 187 Å². The Morgan fingerprint density at radius 1 is 1.06 bits per heavy atom. The van der Waals surface area contributed by atoms with Crippen molar-refractivity contribution in [1.29, 1.82) is 0 Å². The SMILES string of the molecule is CCCCc1ccc(C(=O)N(CCN2CCOCC2)C/C(C)=C/c2ccccc2)cc1. The summed E-state index contributed by atoms with van der Waals surface area (Å²) in [6, 6.07) is 18.5. The summed E-state index contributed by atoms with van der Waals surface area (Å²) in [6.45, 7) is 9.97. The summed E-state index contributed by atoms with van der Waals surface area (Å²) in [5.74, 6) is 0.108. The van der Waals surface area contributed by atoms with Crippen molar-refractivity contribution in [3.8, 4) is 0 Å². The van der Waals surface area contributed by atoms with E-state index in [-0.39, 0.29) is 5.91 Å². The molecule has 1 aliphatic rings. The number of rotatable bonds is 10. The number of amides is 1. The summed E-state index contributed by atoms with van der Waals surface area (Å²) >= 11 is 0. The lowest BCUT2D eigenvalue weighted by atomic mass is 10.1. The number of carbonyl (C=O) groups is 1. The fraction of sp³-hybridized carbons (Fsp3) is 0.444. The van der Waals surface area contributed by atoms with Crippen molar-refractivity contribution in [1.82, 2.24) is 9.80 Å². The standard InChI is InChI=1S/C27H36N2O2/c1-3-4-8-24-11-13-26(14-12-24)27(30)29(16-15-28-17-19-31-20-18-28)22-23(2)21-25-9-6-5-7-10-25/h5-7,9-14,21H,3-4,8,15-20,22H2,1-2H3/b23-21+. The summed E-state index contributed by atoms with van der Waals surface area (Å²) in [7, 11) is 0. The summed E-state index contributed by atoms with van der Waals surface area (Å²) in [6.07, 6.45) is 5.61. The maximum Gasteiger partial charge on any atom is 0.254 e. The largest absolute Gasteiger partial charge is 0.379 e. The minimum absolute atomic E-state index is 0.108. The zero-order valence-electron chi connectivity index (χ0n) is 19.1.